The highest BCUT2D eigenvalue weighted by Gasteiger charge is 2.25. The minimum atomic E-state index is -0.410. The standard InChI is InChI=1S/C21H27N3O2S/c1-5-24(17-11-7-6-8-12-17)21(26)16(2)23(3)15-20(25)22-18-13-9-10-14-19(18)27-4/h6-14,16H,5,15H2,1-4H3,(H,22,25)/t16-/m0/s1. The monoisotopic (exact) mass is 385 g/mol. The van der Waals surface area contributed by atoms with E-state index in [-0.39, 0.29) is 18.4 Å². The average Bonchev–Trinajstić information content (AvgIpc) is 2.69. The van der Waals surface area contributed by atoms with Gasteiger partial charge in [-0.3, -0.25) is 14.5 Å². The second-order valence-electron chi connectivity index (χ2n) is 6.26. The lowest BCUT2D eigenvalue weighted by Crippen LogP contribution is -2.48. The maximum atomic E-state index is 12.9. The highest BCUT2D eigenvalue weighted by atomic mass is 32.2. The number of nitrogens with one attached hydrogen (secondary N) is 1. The first-order chi connectivity index (χ1) is 13.0. The summed E-state index contributed by atoms with van der Waals surface area (Å²) in [6.07, 6.45) is 1.97. The topological polar surface area (TPSA) is 52.7 Å². The molecule has 144 valence electrons. The number of carbonyl (C=O) groups is 2. The number of nitrogens with zero attached hydrogens (tertiary/aromatic N) is 2. The maximum absolute atomic E-state index is 12.9. The number of amides is 2. The number of rotatable bonds is 8. The molecular weight excluding hydrogens is 358 g/mol. The molecule has 0 aliphatic rings. The molecular formula is C21H27N3O2S. The van der Waals surface area contributed by atoms with Crippen molar-refractivity contribution < 1.29 is 9.59 Å². The fraction of sp³-hybridized carbons (Fsp3) is 0.333. The summed E-state index contributed by atoms with van der Waals surface area (Å²) < 4.78 is 0. The molecule has 0 aliphatic carbocycles. The van der Waals surface area contributed by atoms with Gasteiger partial charge in [0.25, 0.3) is 0 Å². The van der Waals surface area contributed by atoms with Crippen LogP contribution in [-0.2, 0) is 9.59 Å². The van der Waals surface area contributed by atoms with Crippen LogP contribution >= 0.6 is 11.8 Å². The zero-order valence-corrected chi connectivity index (χ0v) is 17.1. The Labute approximate surface area is 165 Å². The second kappa shape index (κ2) is 10.1. The molecule has 0 fully saturated rings. The van der Waals surface area contributed by atoms with Crippen molar-refractivity contribution in [3.8, 4) is 0 Å². The van der Waals surface area contributed by atoms with Crippen molar-refractivity contribution in [3.63, 3.8) is 0 Å². The Morgan fingerprint density at radius 2 is 1.70 bits per heavy atom. The van der Waals surface area contributed by atoms with E-state index in [0.717, 1.165) is 16.3 Å². The lowest BCUT2D eigenvalue weighted by Gasteiger charge is -2.29. The molecule has 2 rings (SSSR count). The van der Waals surface area contributed by atoms with Crippen molar-refractivity contribution in [1.82, 2.24) is 4.90 Å². The van der Waals surface area contributed by atoms with E-state index in [2.05, 4.69) is 5.32 Å². The molecule has 0 saturated carbocycles. The molecule has 0 aromatic heterocycles. The molecule has 0 radical (unpaired) electrons. The van der Waals surface area contributed by atoms with Gasteiger partial charge >= 0.3 is 0 Å². The first-order valence-electron chi connectivity index (χ1n) is 8.97. The van der Waals surface area contributed by atoms with E-state index in [9.17, 15) is 9.59 Å². The van der Waals surface area contributed by atoms with Gasteiger partial charge in [-0.2, -0.15) is 0 Å². The number of para-hydroxylation sites is 2. The third-order valence-electron chi connectivity index (χ3n) is 4.44. The Morgan fingerprint density at radius 3 is 2.33 bits per heavy atom. The first kappa shape index (κ1) is 21.0. The van der Waals surface area contributed by atoms with Crippen LogP contribution in [0.3, 0.4) is 0 Å². The van der Waals surface area contributed by atoms with E-state index in [1.807, 2.05) is 74.7 Å². The average molecular weight is 386 g/mol. The number of thioether (sulfide) groups is 1. The van der Waals surface area contributed by atoms with Gasteiger partial charge in [0.2, 0.25) is 11.8 Å². The smallest absolute Gasteiger partial charge is 0.244 e. The van der Waals surface area contributed by atoms with Crippen LogP contribution in [0.25, 0.3) is 0 Å². The number of likely N-dealkylation sites (N-methyl/N-ethyl adjacent to an activating group) is 2. The number of carbonyl (C=O) groups excluding carboxylic acids is 2. The van der Waals surface area contributed by atoms with Gasteiger partial charge in [-0.1, -0.05) is 30.3 Å². The second-order valence-corrected chi connectivity index (χ2v) is 7.11. The van der Waals surface area contributed by atoms with Crippen molar-refractivity contribution in [1.29, 1.82) is 0 Å². The summed E-state index contributed by atoms with van der Waals surface area (Å²) in [6.45, 7) is 4.50. The van der Waals surface area contributed by atoms with Crippen LogP contribution < -0.4 is 10.2 Å². The molecule has 0 unspecified atom stereocenters. The molecule has 0 spiro atoms. The fourth-order valence-electron chi connectivity index (χ4n) is 2.79. The summed E-state index contributed by atoms with van der Waals surface area (Å²) in [5.41, 5.74) is 1.66. The molecule has 27 heavy (non-hydrogen) atoms. The summed E-state index contributed by atoms with van der Waals surface area (Å²) >= 11 is 1.58. The summed E-state index contributed by atoms with van der Waals surface area (Å²) in [4.78, 5) is 29.9. The molecule has 1 N–H and O–H groups in total. The van der Waals surface area contributed by atoms with Crippen LogP contribution in [0.4, 0.5) is 11.4 Å². The van der Waals surface area contributed by atoms with Crippen LogP contribution in [0.2, 0.25) is 0 Å². The quantitative estimate of drug-likeness (QED) is 0.704. The van der Waals surface area contributed by atoms with Gasteiger partial charge < -0.3 is 10.2 Å². The summed E-state index contributed by atoms with van der Waals surface area (Å²) in [7, 11) is 1.79. The lowest BCUT2D eigenvalue weighted by atomic mass is 10.2. The van der Waals surface area contributed by atoms with Crippen LogP contribution in [0.5, 0.6) is 0 Å². The molecule has 1 atom stereocenters. The number of hydrogen-bond acceptors (Lipinski definition) is 4. The predicted molar refractivity (Wildman–Crippen MR) is 113 cm³/mol. The lowest BCUT2D eigenvalue weighted by molar-refractivity contribution is -0.124. The SMILES string of the molecule is CCN(C(=O)[C@H](C)N(C)CC(=O)Nc1ccccc1SC)c1ccccc1. The summed E-state index contributed by atoms with van der Waals surface area (Å²) in [6, 6.07) is 16.9. The molecule has 0 saturated heterocycles. The molecule has 0 heterocycles. The molecule has 2 aromatic rings. The molecule has 0 aliphatic heterocycles. The summed E-state index contributed by atoms with van der Waals surface area (Å²) in [5.74, 6) is -0.162. The van der Waals surface area contributed by atoms with Gasteiger partial charge in [0.1, 0.15) is 0 Å². The maximum Gasteiger partial charge on any atom is 0.244 e. The molecule has 2 amide bonds. The largest absolute Gasteiger partial charge is 0.324 e. The highest BCUT2D eigenvalue weighted by molar-refractivity contribution is 7.98. The summed E-state index contributed by atoms with van der Waals surface area (Å²) in [5, 5.41) is 2.93. The van der Waals surface area contributed by atoms with E-state index >= 15 is 0 Å². The zero-order valence-electron chi connectivity index (χ0n) is 16.3. The molecule has 5 nitrogen and oxygen atoms in total. The van der Waals surface area contributed by atoms with Crippen LogP contribution in [-0.4, -0.2) is 49.1 Å². The van der Waals surface area contributed by atoms with E-state index in [0.29, 0.717) is 6.54 Å². The first-order valence-corrected chi connectivity index (χ1v) is 10.2. The third-order valence-corrected chi connectivity index (χ3v) is 5.24. The van der Waals surface area contributed by atoms with Gasteiger partial charge in [0.15, 0.2) is 0 Å². The van der Waals surface area contributed by atoms with Crippen molar-refractivity contribution in [2.45, 2.75) is 24.8 Å². The Kier molecular flexibility index (Phi) is 7.88. The van der Waals surface area contributed by atoms with Crippen molar-refractivity contribution in [2.75, 3.05) is 36.6 Å². The van der Waals surface area contributed by atoms with Gasteiger partial charge in [-0.05, 0) is 51.4 Å². The van der Waals surface area contributed by atoms with E-state index < -0.39 is 6.04 Å². The Morgan fingerprint density at radius 1 is 1.07 bits per heavy atom. The minimum absolute atomic E-state index is 0.0245. The van der Waals surface area contributed by atoms with Gasteiger partial charge in [-0.15, -0.1) is 11.8 Å². The normalized spacial score (nSPS) is 11.9. The minimum Gasteiger partial charge on any atom is -0.324 e. The van der Waals surface area contributed by atoms with Crippen LogP contribution in [0.1, 0.15) is 13.8 Å². The molecule has 6 heteroatoms. The van der Waals surface area contributed by atoms with Crippen molar-refractivity contribution >= 4 is 35.0 Å². The van der Waals surface area contributed by atoms with Crippen molar-refractivity contribution in [2.24, 2.45) is 0 Å². The Bertz CT molecular complexity index is 767. The van der Waals surface area contributed by atoms with Gasteiger partial charge in [0.05, 0.1) is 18.3 Å². The van der Waals surface area contributed by atoms with Crippen LogP contribution in [0, 0.1) is 0 Å². The van der Waals surface area contributed by atoms with Crippen LogP contribution in [0.15, 0.2) is 59.5 Å². The zero-order chi connectivity index (χ0) is 19.8. The third kappa shape index (κ3) is 5.58. The van der Waals surface area contributed by atoms with E-state index in [1.54, 1.807) is 28.6 Å². The number of anilines is 2. The number of benzene rings is 2. The van der Waals surface area contributed by atoms with Gasteiger partial charge in [0, 0.05) is 17.1 Å². The van der Waals surface area contributed by atoms with Gasteiger partial charge in [-0.25, -0.2) is 0 Å². The fourth-order valence-corrected chi connectivity index (χ4v) is 3.34. The highest BCUT2D eigenvalue weighted by Crippen LogP contribution is 2.24. The number of hydrogen-bond donors (Lipinski definition) is 1. The Hall–Kier alpha value is -2.31. The predicted octanol–water partition coefficient (Wildman–Crippen LogP) is 3.72. The van der Waals surface area contributed by atoms with E-state index in [4.69, 9.17) is 0 Å². The molecule has 0 bridgehead atoms. The van der Waals surface area contributed by atoms with E-state index in [1.165, 1.54) is 0 Å². The molecule has 2 aromatic carbocycles. The van der Waals surface area contributed by atoms with Crippen molar-refractivity contribution in [3.05, 3.63) is 54.6 Å². The Balaban J connectivity index is 2.00.